The molecule has 0 heterocycles. The van der Waals surface area contributed by atoms with Gasteiger partial charge in [-0.15, -0.1) is 0 Å². The predicted molar refractivity (Wildman–Crippen MR) is 145 cm³/mol. The number of hydrogen-bond acceptors (Lipinski definition) is 4. The van der Waals surface area contributed by atoms with Crippen molar-refractivity contribution in [2.24, 2.45) is 5.92 Å². The SMILES string of the molecule is C.C.C.C.C.C=C/C(=C\C=C\C(C)=O)OCCC.CC(=O)c1ccc(OCC2CC2(F)F)cc1.F. The highest BCUT2D eigenvalue weighted by Crippen LogP contribution is 2.48. The second-order valence-electron chi connectivity index (χ2n) is 6.65. The second kappa shape index (κ2) is 22.9. The van der Waals surface area contributed by atoms with Gasteiger partial charge in [-0.1, -0.05) is 56.7 Å². The monoisotopic (exact) mass is 506 g/mol. The predicted octanol–water partition coefficient (Wildman–Crippen LogP) is 8.88. The highest BCUT2D eigenvalue weighted by molar-refractivity contribution is 5.94. The van der Waals surface area contributed by atoms with Gasteiger partial charge in [-0.3, -0.25) is 14.3 Å². The quantitative estimate of drug-likeness (QED) is 0.138. The van der Waals surface area contributed by atoms with Crippen LogP contribution in [0.5, 0.6) is 5.75 Å². The lowest BCUT2D eigenvalue weighted by molar-refractivity contribution is -0.112. The maximum atomic E-state index is 12.5. The Bertz CT molecular complexity index is 754. The van der Waals surface area contributed by atoms with E-state index in [9.17, 15) is 18.4 Å². The van der Waals surface area contributed by atoms with E-state index < -0.39 is 11.8 Å². The third-order valence-corrected chi connectivity index (χ3v) is 3.93. The van der Waals surface area contributed by atoms with Crippen molar-refractivity contribution >= 4 is 11.6 Å². The van der Waals surface area contributed by atoms with Gasteiger partial charge < -0.3 is 9.47 Å². The molecule has 0 amide bonds. The zero-order valence-electron chi connectivity index (χ0n) is 17.5. The van der Waals surface area contributed by atoms with Crippen LogP contribution in [0.2, 0.25) is 0 Å². The minimum absolute atomic E-state index is 0. The van der Waals surface area contributed by atoms with E-state index in [1.807, 2.05) is 6.92 Å². The van der Waals surface area contributed by atoms with E-state index in [1.165, 1.54) is 19.9 Å². The molecule has 1 unspecified atom stereocenters. The van der Waals surface area contributed by atoms with Crippen molar-refractivity contribution in [1.82, 2.24) is 0 Å². The summed E-state index contributed by atoms with van der Waals surface area (Å²) >= 11 is 0. The van der Waals surface area contributed by atoms with E-state index in [1.54, 1.807) is 42.5 Å². The number of halogens is 3. The first-order valence-electron chi connectivity index (χ1n) is 9.45. The summed E-state index contributed by atoms with van der Waals surface area (Å²) < 4.78 is 35.6. The molecule has 7 heteroatoms. The Morgan fingerprint density at radius 1 is 1.09 bits per heavy atom. The summed E-state index contributed by atoms with van der Waals surface area (Å²) in [5, 5.41) is 0. The lowest BCUT2D eigenvalue weighted by Crippen LogP contribution is -2.05. The lowest BCUT2D eigenvalue weighted by Gasteiger charge is -2.05. The number of Topliss-reactive ketones (excluding diaryl/α,β-unsaturated/α-hetero) is 1. The Balaban J connectivity index is -0.000000104. The molecule has 1 aliphatic rings. The van der Waals surface area contributed by atoms with Crippen molar-refractivity contribution in [3.05, 3.63) is 66.5 Å². The Labute approximate surface area is 212 Å². The van der Waals surface area contributed by atoms with Gasteiger partial charge in [0.05, 0.1) is 19.1 Å². The van der Waals surface area contributed by atoms with Crippen molar-refractivity contribution in [3.8, 4) is 5.75 Å². The van der Waals surface area contributed by atoms with Gasteiger partial charge in [0.1, 0.15) is 11.5 Å². The molecule has 0 radical (unpaired) electrons. The number of rotatable bonds is 10. The van der Waals surface area contributed by atoms with Crippen molar-refractivity contribution in [2.75, 3.05) is 13.2 Å². The number of carbonyl (C=O) groups excluding carboxylic acids is 2. The van der Waals surface area contributed by atoms with E-state index in [0.717, 1.165) is 6.42 Å². The third kappa shape index (κ3) is 19.2. The summed E-state index contributed by atoms with van der Waals surface area (Å²) in [7, 11) is 0. The van der Waals surface area contributed by atoms with Gasteiger partial charge in [-0.2, -0.15) is 0 Å². The largest absolute Gasteiger partial charge is 0.494 e. The summed E-state index contributed by atoms with van der Waals surface area (Å²) in [5.74, 6) is -1.98. The summed E-state index contributed by atoms with van der Waals surface area (Å²) in [4.78, 5) is 21.5. The molecule has 4 nitrogen and oxygen atoms in total. The normalized spacial score (nSPS) is 14.2. The average Bonchev–Trinajstić information content (AvgIpc) is 3.30. The molecule has 2 rings (SSSR count). The maximum absolute atomic E-state index is 12.5. The van der Waals surface area contributed by atoms with E-state index in [2.05, 4.69) is 6.58 Å². The van der Waals surface area contributed by atoms with Crippen molar-refractivity contribution in [1.29, 1.82) is 0 Å². The van der Waals surface area contributed by atoms with Crippen LogP contribution < -0.4 is 4.74 Å². The summed E-state index contributed by atoms with van der Waals surface area (Å²) in [6.45, 7) is 9.32. The van der Waals surface area contributed by atoms with Gasteiger partial charge in [-0.05, 0) is 62.8 Å². The molecule has 1 aromatic rings. The van der Waals surface area contributed by atoms with Crippen LogP contribution in [-0.4, -0.2) is 30.7 Å². The number of ether oxygens (including phenoxy) is 2. The smallest absolute Gasteiger partial charge is 0.255 e. The van der Waals surface area contributed by atoms with Crippen LogP contribution >= 0.6 is 0 Å². The Hall–Kier alpha value is -2.83. The van der Waals surface area contributed by atoms with Gasteiger partial charge in [-0.25, -0.2) is 8.78 Å². The van der Waals surface area contributed by atoms with Crippen LogP contribution in [0.4, 0.5) is 13.5 Å². The van der Waals surface area contributed by atoms with Crippen LogP contribution in [-0.2, 0) is 9.53 Å². The molecule has 0 saturated heterocycles. The molecule has 1 saturated carbocycles. The zero-order valence-corrected chi connectivity index (χ0v) is 17.5. The van der Waals surface area contributed by atoms with Crippen LogP contribution in [0.25, 0.3) is 0 Å². The topological polar surface area (TPSA) is 52.6 Å². The number of carbonyl (C=O) groups is 2. The standard InChI is InChI=1S/C12H12F2O2.C11H16O2.5CH4.FH/c1-8(15)9-2-4-11(5-3-9)16-7-10-6-12(10,13)14;1-4-9-13-11(5-2)8-6-7-10(3)12;;;;;;/h2-5,10H,6-7H2,1H3;5-8H,2,4,9H2,1,3H3;5*1H4;1H/b;7-6+,11-8+;;;;;;. The fraction of sp³-hybridized carbons (Fsp3) is 0.500. The van der Waals surface area contributed by atoms with Crippen molar-refractivity contribution in [2.45, 2.75) is 76.7 Å². The average molecular weight is 507 g/mol. The molecule has 1 fully saturated rings. The number of hydrogen-bond donors (Lipinski definition) is 0. The van der Waals surface area contributed by atoms with Crippen molar-refractivity contribution < 1.29 is 32.5 Å². The molecule has 0 bridgehead atoms. The molecular formula is C28H49F3O4. The first-order valence-corrected chi connectivity index (χ1v) is 9.45. The second-order valence-corrected chi connectivity index (χ2v) is 6.65. The molecule has 1 aromatic carbocycles. The summed E-state index contributed by atoms with van der Waals surface area (Å²) in [6, 6.07) is 6.50. The molecule has 0 N–H and O–H groups in total. The molecule has 1 atom stereocenters. The number of allylic oxidation sites excluding steroid dienone is 4. The minimum atomic E-state index is -2.54. The van der Waals surface area contributed by atoms with Gasteiger partial charge in [0.25, 0.3) is 5.92 Å². The molecule has 0 spiro atoms. The van der Waals surface area contributed by atoms with Gasteiger partial charge in [0.15, 0.2) is 11.6 Å². The molecule has 0 aliphatic heterocycles. The Kier molecular flexibility index (Phi) is 29.9. The maximum Gasteiger partial charge on any atom is 0.255 e. The van der Waals surface area contributed by atoms with Crippen LogP contribution in [0.1, 0.15) is 81.1 Å². The zero-order chi connectivity index (χ0) is 21.9. The number of ketones is 2. The van der Waals surface area contributed by atoms with Crippen LogP contribution in [0.15, 0.2) is 60.9 Å². The molecule has 35 heavy (non-hydrogen) atoms. The van der Waals surface area contributed by atoms with Crippen LogP contribution in [0.3, 0.4) is 0 Å². The molecule has 0 aromatic heterocycles. The number of alkyl halides is 2. The van der Waals surface area contributed by atoms with E-state index >= 15 is 0 Å². The van der Waals surface area contributed by atoms with Crippen molar-refractivity contribution in [3.63, 3.8) is 0 Å². The van der Waals surface area contributed by atoms with E-state index in [0.29, 0.717) is 23.7 Å². The van der Waals surface area contributed by atoms with Gasteiger partial charge in [0.2, 0.25) is 0 Å². The highest BCUT2D eigenvalue weighted by Gasteiger charge is 2.57. The fourth-order valence-electron chi connectivity index (χ4n) is 2.11. The summed E-state index contributed by atoms with van der Waals surface area (Å²) in [5.41, 5.74) is 0.587. The first kappa shape index (κ1) is 45.6. The Morgan fingerprint density at radius 3 is 1.97 bits per heavy atom. The highest BCUT2D eigenvalue weighted by atomic mass is 19.3. The van der Waals surface area contributed by atoms with E-state index in [4.69, 9.17) is 9.47 Å². The molecular weight excluding hydrogens is 457 g/mol. The lowest BCUT2D eigenvalue weighted by atomic mass is 10.1. The molecule has 1 aliphatic carbocycles. The minimum Gasteiger partial charge on any atom is -0.494 e. The molecule has 206 valence electrons. The summed E-state index contributed by atoms with van der Waals surface area (Å²) in [6.07, 6.45) is 7.37. The van der Waals surface area contributed by atoms with E-state index in [-0.39, 0.29) is 66.4 Å². The van der Waals surface area contributed by atoms with Gasteiger partial charge >= 0.3 is 0 Å². The van der Waals surface area contributed by atoms with Gasteiger partial charge in [0, 0.05) is 12.0 Å². The third-order valence-electron chi connectivity index (χ3n) is 3.93. The van der Waals surface area contributed by atoms with Crippen LogP contribution in [0, 0.1) is 5.92 Å². The fourth-order valence-corrected chi connectivity index (χ4v) is 2.11. The number of benzene rings is 1. The first-order chi connectivity index (χ1) is 13.7. The Morgan fingerprint density at radius 2 is 1.60 bits per heavy atom.